The molecule has 30 heavy (non-hydrogen) atoms. The average molecular weight is 462 g/mol. The Bertz CT molecular complexity index is 1150. The largest absolute Gasteiger partial charge is 0.493 e. The van der Waals surface area contributed by atoms with Crippen LogP contribution < -0.4 is 9.47 Å². The Morgan fingerprint density at radius 1 is 0.800 bits per heavy atom. The lowest BCUT2D eigenvalue weighted by Crippen LogP contribution is -2.50. The number of hydrogen-bond donors (Lipinski definition) is 0. The highest BCUT2D eigenvalue weighted by Crippen LogP contribution is 2.33. The molecule has 1 saturated heterocycles. The van der Waals surface area contributed by atoms with Crippen molar-refractivity contribution >= 4 is 20.0 Å². The van der Waals surface area contributed by atoms with E-state index in [1.54, 1.807) is 0 Å². The van der Waals surface area contributed by atoms with Crippen molar-refractivity contribution in [1.82, 2.24) is 8.61 Å². The predicted molar refractivity (Wildman–Crippen MR) is 103 cm³/mol. The summed E-state index contributed by atoms with van der Waals surface area (Å²) >= 11 is 0. The molecule has 3 rings (SSSR count). The summed E-state index contributed by atoms with van der Waals surface area (Å²) < 4.78 is 91.1. The molecule has 0 atom stereocenters. The summed E-state index contributed by atoms with van der Waals surface area (Å²) in [6, 6.07) is 6.51. The molecule has 0 aliphatic carbocycles. The van der Waals surface area contributed by atoms with E-state index in [0.717, 1.165) is 32.9 Å². The molecular weight excluding hydrogens is 442 g/mol. The highest BCUT2D eigenvalue weighted by atomic mass is 32.2. The van der Waals surface area contributed by atoms with E-state index in [9.17, 15) is 25.6 Å². The lowest BCUT2D eigenvalue weighted by molar-refractivity contribution is 0.272. The van der Waals surface area contributed by atoms with E-state index >= 15 is 0 Å². The molecule has 0 aromatic heterocycles. The van der Waals surface area contributed by atoms with Gasteiger partial charge in [-0.3, -0.25) is 0 Å². The van der Waals surface area contributed by atoms with Gasteiger partial charge in [0.25, 0.3) is 0 Å². The zero-order chi connectivity index (χ0) is 22.1. The normalized spacial score (nSPS) is 16.4. The van der Waals surface area contributed by atoms with E-state index in [-0.39, 0.29) is 42.6 Å². The number of sulfonamides is 2. The van der Waals surface area contributed by atoms with Crippen LogP contribution in [0.25, 0.3) is 0 Å². The summed E-state index contributed by atoms with van der Waals surface area (Å²) in [5.41, 5.74) is 0. The quantitative estimate of drug-likeness (QED) is 0.649. The fourth-order valence-corrected chi connectivity index (χ4v) is 6.04. The molecule has 0 amide bonds. The average Bonchev–Trinajstić information content (AvgIpc) is 2.73. The van der Waals surface area contributed by atoms with E-state index in [4.69, 9.17) is 9.47 Å². The van der Waals surface area contributed by atoms with Gasteiger partial charge in [0.2, 0.25) is 20.0 Å². The van der Waals surface area contributed by atoms with Crippen molar-refractivity contribution in [2.24, 2.45) is 0 Å². The minimum Gasteiger partial charge on any atom is -0.493 e. The van der Waals surface area contributed by atoms with E-state index in [1.165, 1.54) is 26.4 Å². The van der Waals surface area contributed by atoms with Crippen LogP contribution in [0.15, 0.2) is 46.2 Å². The van der Waals surface area contributed by atoms with Crippen molar-refractivity contribution in [2.75, 3.05) is 40.4 Å². The van der Waals surface area contributed by atoms with Crippen molar-refractivity contribution in [3.63, 3.8) is 0 Å². The van der Waals surface area contributed by atoms with Crippen LogP contribution >= 0.6 is 0 Å². The van der Waals surface area contributed by atoms with Gasteiger partial charge in [-0.15, -0.1) is 0 Å². The summed E-state index contributed by atoms with van der Waals surface area (Å²) in [6.07, 6.45) is 0. The highest BCUT2D eigenvalue weighted by Gasteiger charge is 2.35. The lowest BCUT2D eigenvalue weighted by Gasteiger charge is -2.33. The minimum absolute atomic E-state index is 0.0416. The van der Waals surface area contributed by atoms with Gasteiger partial charge in [-0.25, -0.2) is 25.6 Å². The first-order valence-electron chi connectivity index (χ1n) is 8.78. The Balaban J connectivity index is 1.82. The molecule has 0 bridgehead atoms. The van der Waals surface area contributed by atoms with Crippen LogP contribution in [0.3, 0.4) is 0 Å². The van der Waals surface area contributed by atoms with E-state index in [0.29, 0.717) is 0 Å². The van der Waals surface area contributed by atoms with Gasteiger partial charge in [-0.1, -0.05) is 6.07 Å². The van der Waals surface area contributed by atoms with Gasteiger partial charge >= 0.3 is 0 Å². The molecule has 12 heteroatoms. The SMILES string of the molecule is COc1cc(F)c(S(=O)(=O)N2CCN(S(=O)(=O)c3cccc(F)c3)CC2)cc1OC. The number of methoxy groups -OCH3 is 2. The van der Waals surface area contributed by atoms with Gasteiger partial charge in [-0.05, 0) is 18.2 Å². The fraction of sp³-hybridized carbons (Fsp3) is 0.333. The fourth-order valence-electron chi connectivity index (χ4n) is 3.10. The topological polar surface area (TPSA) is 93.2 Å². The third kappa shape index (κ3) is 4.13. The molecule has 0 spiro atoms. The Morgan fingerprint density at radius 3 is 1.87 bits per heavy atom. The number of piperazine rings is 1. The molecule has 0 N–H and O–H groups in total. The molecule has 1 aliphatic rings. The van der Waals surface area contributed by atoms with Crippen molar-refractivity contribution in [2.45, 2.75) is 9.79 Å². The van der Waals surface area contributed by atoms with E-state index in [1.807, 2.05) is 0 Å². The van der Waals surface area contributed by atoms with Crippen molar-refractivity contribution in [1.29, 1.82) is 0 Å². The number of nitrogens with zero attached hydrogens (tertiary/aromatic N) is 2. The first-order chi connectivity index (χ1) is 14.1. The number of benzene rings is 2. The van der Waals surface area contributed by atoms with Crippen molar-refractivity contribution in [3.05, 3.63) is 48.0 Å². The molecule has 2 aromatic rings. The van der Waals surface area contributed by atoms with Gasteiger partial charge < -0.3 is 9.47 Å². The van der Waals surface area contributed by atoms with Crippen molar-refractivity contribution < 1.29 is 35.1 Å². The summed E-state index contributed by atoms with van der Waals surface area (Å²) in [4.78, 5) is -0.814. The van der Waals surface area contributed by atoms with Crippen LogP contribution in [0.2, 0.25) is 0 Å². The molecule has 164 valence electrons. The van der Waals surface area contributed by atoms with E-state index in [2.05, 4.69) is 0 Å². The van der Waals surface area contributed by atoms with Gasteiger partial charge in [-0.2, -0.15) is 8.61 Å². The predicted octanol–water partition coefficient (Wildman–Crippen LogP) is 1.68. The zero-order valence-corrected chi connectivity index (χ0v) is 17.8. The maximum atomic E-state index is 14.4. The van der Waals surface area contributed by atoms with Crippen LogP contribution in [-0.4, -0.2) is 65.8 Å². The number of hydrogen-bond acceptors (Lipinski definition) is 6. The molecule has 2 aromatic carbocycles. The van der Waals surface area contributed by atoms with Gasteiger partial charge in [0, 0.05) is 38.3 Å². The second-order valence-corrected chi connectivity index (χ2v) is 10.2. The molecule has 0 radical (unpaired) electrons. The summed E-state index contributed by atoms with van der Waals surface area (Å²) in [5, 5.41) is 0. The number of ether oxygens (including phenoxy) is 2. The lowest BCUT2D eigenvalue weighted by atomic mass is 10.3. The third-order valence-corrected chi connectivity index (χ3v) is 8.50. The molecule has 1 heterocycles. The molecule has 0 saturated carbocycles. The number of rotatable bonds is 6. The second-order valence-electron chi connectivity index (χ2n) is 6.40. The summed E-state index contributed by atoms with van der Waals surface area (Å²) in [5.74, 6) is -1.62. The highest BCUT2D eigenvalue weighted by molar-refractivity contribution is 7.89. The van der Waals surface area contributed by atoms with Crippen LogP contribution in [0.1, 0.15) is 0 Å². The van der Waals surface area contributed by atoms with Crippen LogP contribution in [-0.2, 0) is 20.0 Å². The van der Waals surface area contributed by atoms with E-state index < -0.39 is 36.6 Å². The first kappa shape index (κ1) is 22.4. The van der Waals surface area contributed by atoms with Crippen LogP contribution in [0, 0.1) is 11.6 Å². The van der Waals surface area contributed by atoms with Gasteiger partial charge in [0.1, 0.15) is 16.5 Å². The zero-order valence-electron chi connectivity index (χ0n) is 16.2. The number of halogens is 2. The summed E-state index contributed by atoms with van der Waals surface area (Å²) in [6.45, 7) is -0.699. The van der Waals surface area contributed by atoms with Gasteiger partial charge in [0.15, 0.2) is 11.5 Å². The standard InChI is InChI=1S/C18H20F2N2O6S2/c1-27-16-11-15(20)18(12-17(16)28-2)30(25,26)22-8-6-21(7-9-22)29(23,24)14-5-3-4-13(19)10-14/h3-5,10-12H,6-9H2,1-2H3. The van der Waals surface area contributed by atoms with Crippen LogP contribution in [0.4, 0.5) is 8.78 Å². The Labute approximate surface area is 173 Å². The maximum Gasteiger partial charge on any atom is 0.246 e. The third-order valence-electron chi connectivity index (χ3n) is 4.69. The monoisotopic (exact) mass is 462 g/mol. The molecule has 0 unspecified atom stereocenters. The second kappa shape index (κ2) is 8.46. The molecule has 8 nitrogen and oxygen atoms in total. The molecular formula is C18H20F2N2O6S2. The Hall–Kier alpha value is -2.28. The Morgan fingerprint density at radius 2 is 1.33 bits per heavy atom. The maximum absolute atomic E-state index is 14.4. The smallest absolute Gasteiger partial charge is 0.246 e. The summed E-state index contributed by atoms with van der Waals surface area (Å²) in [7, 11) is -5.64. The Kier molecular flexibility index (Phi) is 6.32. The van der Waals surface area contributed by atoms with Crippen molar-refractivity contribution in [3.8, 4) is 11.5 Å². The molecule has 1 fully saturated rings. The van der Waals surface area contributed by atoms with Crippen LogP contribution in [0.5, 0.6) is 11.5 Å². The molecule has 1 aliphatic heterocycles. The minimum atomic E-state index is -4.25. The van der Waals surface area contributed by atoms with Gasteiger partial charge in [0.05, 0.1) is 19.1 Å². The first-order valence-corrected chi connectivity index (χ1v) is 11.7.